The maximum Gasteiger partial charge on any atom is 0.289 e. The molecule has 0 atom stereocenters. The van der Waals surface area contributed by atoms with Crippen LogP contribution in [0.4, 0.5) is 10.5 Å². The summed E-state index contributed by atoms with van der Waals surface area (Å²) >= 11 is 13.2. The van der Waals surface area contributed by atoms with Crippen molar-refractivity contribution in [1.29, 1.82) is 0 Å². The van der Waals surface area contributed by atoms with Crippen LogP contribution in [-0.4, -0.2) is 11.1 Å². The lowest BCUT2D eigenvalue weighted by Gasteiger charge is -2.00. The molecule has 1 aliphatic rings. The highest BCUT2D eigenvalue weighted by Gasteiger charge is 2.24. The van der Waals surface area contributed by atoms with E-state index in [-0.39, 0.29) is 5.24 Å². The van der Waals surface area contributed by atoms with Crippen LogP contribution in [0.3, 0.4) is 0 Å². The first-order valence-corrected chi connectivity index (χ1v) is 9.96. The monoisotopic (exact) mass is 428 g/mol. The first-order valence-electron chi connectivity index (χ1n) is 8.39. The molecule has 1 aromatic heterocycles. The molecule has 7 heteroatoms. The number of nitrogens with one attached hydrogen (secondary N) is 1. The lowest BCUT2D eigenvalue weighted by molar-refractivity contribution is 0.265. The summed E-state index contributed by atoms with van der Waals surface area (Å²) in [5.41, 5.74) is 2.70. The van der Waals surface area contributed by atoms with Gasteiger partial charge in [-0.2, -0.15) is 0 Å². The molecule has 1 N–H and O–H groups in total. The predicted molar refractivity (Wildman–Crippen MR) is 117 cm³/mol. The van der Waals surface area contributed by atoms with E-state index in [0.29, 0.717) is 32.3 Å². The number of benzene rings is 2. The number of furan rings is 1. The molecule has 1 amide bonds. The Morgan fingerprint density at radius 3 is 2.46 bits per heavy atom. The number of amidine groups is 1. The number of amides is 1. The minimum Gasteiger partial charge on any atom is -0.457 e. The fourth-order valence-corrected chi connectivity index (χ4v) is 3.91. The third-order valence-electron chi connectivity index (χ3n) is 3.98. The van der Waals surface area contributed by atoms with Crippen molar-refractivity contribution in [2.24, 2.45) is 4.99 Å². The highest BCUT2D eigenvalue weighted by molar-refractivity contribution is 8.18. The van der Waals surface area contributed by atoms with E-state index in [1.807, 2.05) is 43.3 Å². The summed E-state index contributed by atoms with van der Waals surface area (Å²) in [4.78, 5) is 17.1. The van der Waals surface area contributed by atoms with Gasteiger partial charge in [0.2, 0.25) is 0 Å². The van der Waals surface area contributed by atoms with Gasteiger partial charge in [-0.15, -0.1) is 0 Å². The van der Waals surface area contributed by atoms with Gasteiger partial charge in [0.1, 0.15) is 17.4 Å². The molecule has 0 aliphatic carbocycles. The summed E-state index contributed by atoms with van der Waals surface area (Å²) < 4.78 is 5.89. The van der Waals surface area contributed by atoms with Crippen LogP contribution in [0.15, 0.2) is 68.9 Å². The van der Waals surface area contributed by atoms with Crippen molar-refractivity contribution in [3.63, 3.8) is 0 Å². The van der Waals surface area contributed by atoms with Crippen molar-refractivity contribution < 1.29 is 9.21 Å². The topological polar surface area (TPSA) is 54.6 Å². The fraction of sp³-hybridized carbons (Fsp3) is 0.0476. The number of aryl methyl sites for hydroxylation is 1. The molecule has 1 fully saturated rings. The van der Waals surface area contributed by atoms with Gasteiger partial charge in [-0.3, -0.25) is 4.79 Å². The van der Waals surface area contributed by atoms with Gasteiger partial charge in [0, 0.05) is 15.6 Å². The fourth-order valence-electron chi connectivity index (χ4n) is 2.67. The molecule has 140 valence electrons. The van der Waals surface area contributed by atoms with E-state index in [1.54, 1.807) is 24.3 Å². The molecule has 1 aliphatic heterocycles. The molecule has 0 spiro atoms. The minimum atomic E-state index is -0.175. The van der Waals surface area contributed by atoms with Gasteiger partial charge in [-0.05, 0) is 67.2 Å². The van der Waals surface area contributed by atoms with Crippen molar-refractivity contribution in [1.82, 2.24) is 5.32 Å². The van der Waals surface area contributed by atoms with Crippen molar-refractivity contribution in [3.8, 4) is 11.3 Å². The van der Waals surface area contributed by atoms with E-state index in [0.717, 1.165) is 28.6 Å². The molecule has 4 rings (SSSR count). The second kappa shape index (κ2) is 7.87. The SMILES string of the molecule is Cc1ccc(N=C2NC(=O)SC2=Cc2ccc(-c3cc(Cl)cc(Cl)c3)o2)cc1. The Morgan fingerprint density at radius 1 is 1.04 bits per heavy atom. The van der Waals surface area contributed by atoms with E-state index in [9.17, 15) is 4.79 Å². The Kier molecular flexibility index (Phi) is 5.31. The first-order chi connectivity index (χ1) is 13.5. The molecular formula is C21H14Cl2N2O2S. The van der Waals surface area contributed by atoms with E-state index in [1.165, 1.54) is 0 Å². The van der Waals surface area contributed by atoms with Crippen molar-refractivity contribution in [2.75, 3.05) is 0 Å². The normalized spacial score (nSPS) is 16.8. The Morgan fingerprint density at radius 2 is 1.75 bits per heavy atom. The van der Waals surface area contributed by atoms with Gasteiger partial charge in [0.15, 0.2) is 0 Å². The summed E-state index contributed by atoms with van der Waals surface area (Å²) in [5.74, 6) is 1.74. The van der Waals surface area contributed by atoms with E-state index >= 15 is 0 Å². The van der Waals surface area contributed by atoms with Gasteiger partial charge >= 0.3 is 0 Å². The number of halogens is 2. The third kappa shape index (κ3) is 4.33. The lowest BCUT2D eigenvalue weighted by atomic mass is 10.2. The maximum absolute atomic E-state index is 11.9. The molecule has 28 heavy (non-hydrogen) atoms. The quantitative estimate of drug-likeness (QED) is 0.484. The lowest BCUT2D eigenvalue weighted by Crippen LogP contribution is -2.18. The number of rotatable bonds is 3. The molecule has 0 unspecified atom stereocenters. The van der Waals surface area contributed by atoms with E-state index in [4.69, 9.17) is 27.6 Å². The number of nitrogens with zero attached hydrogens (tertiary/aromatic N) is 1. The zero-order chi connectivity index (χ0) is 19.7. The summed E-state index contributed by atoms with van der Waals surface area (Å²) in [6.07, 6.45) is 1.78. The van der Waals surface area contributed by atoms with Crippen LogP contribution in [0.25, 0.3) is 17.4 Å². The van der Waals surface area contributed by atoms with Crippen LogP contribution in [0.5, 0.6) is 0 Å². The zero-order valence-electron chi connectivity index (χ0n) is 14.7. The Balaban J connectivity index is 1.64. The molecule has 0 bridgehead atoms. The van der Waals surface area contributed by atoms with Gasteiger partial charge < -0.3 is 9.73 Å². The van der Waals surface area contributed by atoms with Crippen LogP contribution in [-0.2, 0) is 0 Å². The third-order valence-corrected chi connectivity index (χ3v) is 5.23. The second-order valence-corrected chi connectivity index (χ2v) is 8.07. The van der Waals surface area contributed by atoms with E-state index < -0.39 is 0 Å². The van der Waals surface area contributed by atoms with Crippen LogP contribution in [0.1, 0.15) is 11.3 Å². The van der Waals surface area contributed by atoms with Gasteiger partial charge in [-0.1, -0.05) is 40.9 Å². The largest absolute Gasteiger partial charge is 0.457 e. The van der Waals surface area contributed by atoms with Crippen molar-refractivity contribution in [3.05, 3.63) is 80.9 Å². The minimum absolute atomic E-state index is 0.175. The molecule has 0 saturated carbocycles. The highest BCUT2D eigenvalue weighted by atomic mass is 35.5. The van der Waals surface area contributed by atoms with E-state index in [2.05, 4.69) is 10.3 Å². The molecule has 0 radical (unpaired) electrons. The number of hydrogen-bond donors (Lipinski definition) is 1. The number of hydrogen-bond acceptors (Lipinski definition) is 4. The standard InChI is InChI=1S/C21H14Cl2N2O2S/c1-12-2-4-16(5-3-12)24-20-19(28-21(26)25-20)11-17-6-7-18(27-17)13-8-14(22)10-15(23)9-13/h2-11H,1H3,(H,24,25,26). The van der Waals surface area contributed by atoms with Crippen LogP contribution in [0, 0.1) is 6.92 Å². The first kappa shape index (κ1) is 18.9. The molecular weight excluding hydrogens is 415 g/mol. The van der Waals surface area contributed by atoms with Crippen LogP contribution < -0.4 is 5.32 Å². The van der Waals surface area contributed by atoms with Crippen molar-refractivity contribution >= 4 is 57.8 Å². The molecule has 2 heterocycles. The number of thioether (sulfide) groups is 1. The molecule has 1 saturated heterocycles. The predicted octanol–water partition coefficient (Wildman–Crippen LogP) is 7.09. The molecule has 4 nitrogen and oxygen atoms in total. The van der Waals surface area contributed by atoms with Gasteiger partial charge in [0.05, 0.1) is 10.6 Å². The van der Waals surface area contributed by atoms with Crippen molar-refractivity contribution in [2.45, 2.75) is 6.92 Å². The highest BCUT2D eigenvalue weighted by Crippen LogP contribution is 2.32. The van der Waals surface area contributed by atoms with Gasteiger partial charge in [-0.25, -0.2) is 4.99 Å². The smallest absolute Gasteiger partial charge is 0.289 e. The summed E-state index contributed by atoms with van der Waals surface area (Å²) in [5, 5.41) is 3.66. The summed E-state index contributed by atoms with van der Waals surface area (Å²) in [6, 6.07) is 16.6. The number of carbonyl (C=O) groups excluding carboxylic acids is 1. The average Bonchev–Trinajstić information content (AvgIpc) is 3.23. The van der Waals surface area contributed by atoms with Gasteiger partial charge in [0.25, 0.3) is 5.24 Å². The Hall–Kier alpha value is -2.47. The number of aliphatic imine (C=N–C) groups is 1. The summed E-state index contributed by atoms with van der Waals surface area (Å²) in [7, 11) is 0. The van der Waals surface area contributed by atoms with Crippen LogP contribution >= 0.6 is 35.0 Å². The second-order valence-electron chi connectivity index (χ2n) is 6.18. The molecule has 2 aromatic carbocycles. The Bertz CT molecular complexity index is 1100. The van der Waals surface area contributed by atoms with Crippen LogP contribution in [0.2, 0.25) is 10.0 Å². The average molecular weight is 429 g/mol. The Labute approximate surface area is 176 Å². The molecule has 3 aromatic rings. The zero-order valence-corrected chi connectivity index (χ0v) is 17.0. The maximum atomic E-state index is 11.9. The number of carbonyl (C=O) groups is 1. The summed E-state index contributed by atoms with van der Waals surface area (Å²) in [6.45, 7) is 2.01.